The SMILES string of the molecule is COc1ncc(C(C)(O)CO)c2cc(Cl)ncc12. The van der Waals surface area contributed by atoms with Crippen LogP contribution in [0.2, 0.25) is 5.15 Å². The molecular formula is C12H13ClN2O3. The number of halogens is 1. The van der Waals surface area contributed by atoms with Crippen molar-refractivity contribution in [2.75, 3.05) is 13.7 Å². The first-order valence-corrected chi connectivity index (χ1v) is 5.69. The lowest BCUT2D eigenvalue weighted by atomic mass is 9.94. The van der Waals surface area contributed by atoms with Gasteiger partial charge in [0, 0.05) is 18.0 Å². The summed E-state index contributed by atoms with van der Waals surface area (Å²) in [6.07, 6.45) is 2.99. The topological polar surface area (TPSA) is 75.5 Å². The van der Waals surface area contributed by atoms with Crippen LogP contribution in [0.1, 0.15) is 12.5 Å². The maximum atomic E-state index is 10.2. The molecule has 0 bridgehead atoms. The Bertz CT molecular complexity index is 587. The van der Waals surface area contributed by atoms with E-state index in [1.54, 1.807) is 6.07 Å². The van der Waals surface area contributed by atoms with Crippen molar-refractivity contribution in [2.24, 2.45) is 0 Å². The molecule has 0 aliphatic rings. The van der Waals surface area contributed by atoms with Gasteiger partial charge in [-0.25, -0.2) is 9.97 Å². The molecule has 1 atom stereocenters. The molecule has 6 heteroatoms. The van der Waals surface area contributed by atoms with Crippen LogP contribution < -0.4 is 4.74 Å². The first-order chi connectivity index (χ1) is 8.49. The second-order valence-electron chi connectivity index (χ2n) is 4.17. The second-order valence-corrected chi connectivity index (χ2v) is 4.55. The molecule has 2 aromatic rings. The van der Waals surface area contributed by atoms with E-state index in [-0.39, 0.29) is 0 Å². The standard InChI is InChI=1S/C12H13ClN2O3/c1-12(17,6-16)9-5-15-11(18-2)8-4-14-10(13)3-7(8)9/h3-5,16-17H,6H2,1-2H3. The van der Waals surface area contributed by atoms with E-state index in [9.17, 15) is 10.2 Å². The fourth-order valence-electron chi connectivity index (χ4n) is 1.76. The third-order valence-electron chi connectivity index (χ3n) is 2.78. The Kier molecular flexibility index (Phi) is 3.38. The van der Waals surface area contributed by atoms with Crippen LogP contribution in [0.5, 0.6) is 5.88 Å². The molecule has 18 heavy (non-hydrogen) atoms. The van der Waals surface area contributed by atoms with Gasteiger partial charge in [-0.1, -0.05) is 11.6 Å². The first-order valence-electron chi connectivity index (χ1n) is 5.31. The van der Waals surface area contributed by atoms with Crippen molar-refractivity contribution in [1.29, 1.82) is 0 Å². The molecule has 0 fully saturated rings. The van der Waals surface area contributed by atoms with Crippen LogP contribution in [0, 0.1) is 0 Å². The van der Waals surface area contributed by atoms with Crippen LogP contribution in [-0.2, 0) is 5.60 Å². The molecular weight excluding hydrogens is 256 g/mol. The lowest BCUT2D eigenvalue weighted by Crippen LogP contribution is -2.26. The monoisotopic (exact) mass is 268 g/mol. The summed E-state index contributed by atoms with van der Waals surface area (Å²) in [5.74, 6) is 0.395. The van der Waals surface area contributed by atoms with Crippen LogP contribution >= 0.6 is 11.6 Å². The minimum Gasteiger partial charge on any atom is -0.481 e. The molecule has 1 unspecified atom stereocenters. The summed E-state index contributed by atoms with van der Waals surface area (Å²) in [5.41, 5.74) is -0.924. The van der Waals surface area contributed by atoms with Gasteiger partial charge in [0.05, 0.1) is 19.1 Å². The molecule has 0 spiro atoms. The number of aliphatic hydroxyl groups excluding tert-OH is 1. The average Bonchev–Trinajstić information content (AvgIpc) is 2.36. The summed E-state index contributed by atoms with van der Waals surface area (Å²) in [4.78, 5) is 8.06. The molecule has 0 aliphatic heterocycles. The Morgan fingerprint density at radius 2 is 2.06 bits per heavy atom. The summed E-state index contributed by atoms with van der Waals surface area (Å²) in [5, 5.41) is 21.0. The summed E-state index contributed by atoms with van der Waals surface area (Å²) < 4.78 is 5.13. The van der Waals surface area contributed by atoms with Gasteiger partial charge in [0.25, 0.3) is 0 Å². The highest BCUT2D eigenvalue weighted by Crippen LogP contribution is 2.32. The zero-order valence-electron chi connectivity index (χ0n) is 10.0. The normalized spacial score (nSPS) is 14.5. The van der Waals surface area contributed by atoms with E-state index in [0.29, 0.717) is 27.4 Å². The van der Waals surface area contributed by atoms with Crippen molar-refractivity contribution < 1.29 is 14.9 Å². The number of hydrogen-bond donors (Lipinski definition) is 2. The number of ether oxygens (including phenoxy) is 1. The maximum absolute atomic E-state index is 10.2. The van der Waals surface area contributed by atoms with E-state index >= 15 is 0 Å². The van der Waals surface area contributed by atoms with Gasteiger partial charge in [-0.15, -0.1) is 0 Å². The van der Waals surface area contributed by atoms with Crippen LogP contribution in [0.4, 0.5) is 0 Å². The summed E-state index contributed by atoms with van der Waals surface area (Å²) in [6, 6.07) is 1.61. The Morgan fingerprint density at radius 3 is 2.67 bits per heavy atom. The fourth-order valence-corrected chi connectivity index (χ4v) is 1.92. The van der Waals surface area contributed by atoms with E-state index in [1.807, 2.05) is 0 Å². The average molecular weight is 269 g/mol. The molecule has 0 amide bonds. The van der Waals surface area contributed by atoms with Crippen LogP contribution in [0.25, 0.3) is 10.8 Å². The zero-order chi connectivity index (χ0) is 13.3. The molecule has 0 radical (unpaired) electrons. The molecule has 5 nitrogen and oxygen atoms in total. The molecule has 2 aromatic heterocycles. The smallest absolute Gasteiger partial charge is 0.222 e. The van der Waals surface area contributed by atoms with Crippen LogP contribution in [0.3, 0.4) is 0 Å². The summed E-state index contributed by atoms with van der Waals surface area (Å²) in [6.45, 7) is 1.08. The van der Waals surface area contributed by atoms with Crippen LogP contribution in [0.15, 0.2) is 18.5 Å². The molecule has 96 valence electrons. The van der Waals surface area contributed by atoms with Crippen molar-refractivity contribution in [2.45, 2.75) is 12.5 Å². The molecule has 2 heterocycles. The first kappa shape index (κ1) is 13.0. The van der Waals surface area contributed by atoms with Crippen LogP contribution in [-0.4, -0.2) is 33.9 Å². The number of methoxy groups -OCH3 is 1. The molecule has 0 aliphatic carbocycles. The second kappa shape index (κ2) is 4.68. The van der Waals surface area contributed by atoms with E-state index in [1.165, 1.54) is 26.4 Å². The largest absolute Gasteiger partial charge is 0.481 e. The minimum atomic E-state index is -1.40. The van der Waals surface area contributed by atoms with Crippen molar-refractivity contribution in [3.8, 4) is 5.88 Å². The van der Waals surface area contributed by atoms with Crippen molar-refractivity contribution in [1.82, 2.24) is 9.97 Å². The number of nitrogens with zero attached hydrogens (tertiary/aromatic N) is 2. The van der Waals surface area contributed by atoms with Gasteiger partial charge < -0.3 is 14.9 Å². The number of rotatable bonds is 3. The fraction of sp³-hybridized carbons (Fsp3) is 0.333. The van der Waals surface area contributed by atoms with E-state index < -0.39 is 12.2 Å². The highest BCUT2D eigenvalue weighted by Gasteiger charge is 2.26. The van der Waals surface area contributed by atoms with Gasteiger partial charge in [0.15, 0.2) is 0 Å². The number of pyridine rings is 2. The summed E-state index contributed by atoms with van der Waals surface area (Å²) >= 11 is 5.86. The van der Waals surface area contributed by atoms with E-state index in [4.69, 9.17) is 16.3 Å². The highest BCUT2D eigenvalue weighted by molar-refractivity contribution is 6.30. The lowest BCUT2D eigenvalue weighted by molar-refractivity contribution is -0.00133. The molecule has 0 saturated heterocycles. The predicted octanol–water partition coefficient (Wildman–Crippen LogP) is 1.49. The van der Waals surface area contributed by atoms with Gasteiger partial charge in [0.2, 0.25) is 5.88 Å². The Morgan fingerprint density at radius 1 is 1.33 bits per heavy atom. The zero-order valence-corrected chi connectivity index (χ0v) is 10.8. The third kappa shape index (κ3) is 2.12. The van der Waals surface area contributed by atoms with E-state index in [2.05, 4.69) is 9.97 Å². The third-order valence-corrected chi connectivity index (χ3v) is 2.99. The Balaban J connectivity index is 2.80. The van der Waals surface area contributed by atoms with Gasteiger partial charge in [-0.05, 0) is 18.4 Å². The number of fused-ring (bicyclic) bond motifs is 1. The number of aliphatic hydroxyl groups is 2. The van der Waals surface area contributed by atoms with E-state index in [0.717, 1.165) is 0 Å². The van der Waals surface area contributed by atoms with Gasteiger partial charge in [-0.2, -0.15) is 0 Å². The molecule has 2 N–H and O–H groups in total. The lowest BCUT2D eigenvalue weighted by Gasteiger charge is -2.22. The summed E-state index contributed by atoms with van der Waals surface area (Å²) in [7, 11) is 1.50. The Hall–Kier alpha value is -1.43. The maximum Gasteiger partial charge on any atom is 0.222 e. The van der Waals surface area contributed by atoms with Gasteiger partial charge >= 0.3 is 0 Å². The Labute approximate surface area is 109 Å². The number of hydrogen-bond acceptors (Lipinski definition) is 5. The number of aromatic nitrogens is 2. The molecule has 0 saturated carbocycles. The van der Waals surface area contributed by atoms with Crippen molar-refractivity contribution >= 4 is 22.4 Å². The molecule has 2 rings (SSSR count). The minimum absolute atomic E-state index is 0.297. The molecule has 0 aromatic carbocycles. The van der Waals surface area contributed by atoms with Crippen molar-refractivity contribution in [3.63, 3.8) is 0 Å². The highest BCUT2D eigenvalue weighted by atomic mass is 35.5. The quantitative estimate of drug-likeness (QED) is 0.825. The van der Waals surface area contributed by atoms with Gasteiger partial charge in [0.1, 0.15) is 10.8 Å². The van der Waals surface area contributed by atoms with Crippen molar-refractivity contribution in [3.05, 3.63) is 29.2 Å². The predicted molar refractivity (Wildman–Crippen MR) is 67.8 cm³/mol. The van der Waals surface area contributed by atoms with Gasteiger partial charge in [-0.3, -0.25) is 0 Å².